The molecule has 2 rings (SSSR count). The Kier molecular flexibility index (Phi) is 5.21. The van der Waals surface area contributed by atoms with Crippen LogP contribution >= 0.6 is 0 Å². The molecule has 1 heterocycles. The zero-order valence-corrected chi connectivity index (χ0v) is 12.4. The van der Waals surface area contributed by atoms with Gasteiger partial charge in [-0.25, -0.2) is 4.39 Å². The van der Waals surface area contributed by atoms with Gasteiger partial charge in [0.1, 0.15) is 5.82 Å². The number of hydrogen-bond acceptors (Lipinski definition) is 4. The first-order valence-electron chi connectivity index (χ1n) is 7.14. The molecule has 22 heavy (non-hydrogen) atoms. The van der Waals surface area contributed by atoms with Crippen molar-refractivity contribution < 1.29 is 14.1 Å². The lowest BCUT2D eigenvalue weighted by Crippen LogP contribution is -2.48. The first-order valence-corrected chi connectivity index (χ1v) is 7.14. The van der Waals surface area contributed by atoms with E-state index >= 15 is 0 Å². The zero-order valence-electron chi connectivity index (χ0n) is 12.4. The van der Waals surface area contributed by atoms with E-state index in [9.17, 15) is 19.3 Å². The van der Waals surface area contributed by atoms with Crippen LogP contribution in [0.25, 0.3) is 6.08 Å². The fourth-order valence-electron chi connectivity index (χ4n) is 2.37. The maximum Gasteiger partial charge on any atom is 0.279 e. The SMILES string of the molecule is CCN1CCN(C(=O)/C=C/c2ccc(F)cc2[N+](=O)[O-])CC1. The minimum atomic E-state index is -0.675. The molecule has 0 aliphatic carbocycles. The van der Waals surface area contributed by atoms with Crippen molar-refractivity contribution in [3.8, 4) is 0 Å². The smallest absolute Gasteiger partial charge is 0.279 e. The molecule has 1 aliphatic rings. The van der Waals surface area contributed by atoms with Gasteiger partial charge in [-0.1, -0.05) is 6.92 Å². The summed E-state index contributed by atoms with van der Waals surface area (Å²) in [6.45, 7) is 5.97. The molecule has 1 amide bonds. The second kappa shape index (κ2) is 7.13. The van der Waals surface area contributed by atoms with E-state index < -0.39 is 10.7 Å². The number of piperazine rings is 1. The molecular weight excluding hydrogens is 289 g/mol. The van der Waals surface area contributed by atoms with Crippen LogP contribution in [0.4, 0.5) is 10.1 Å². The lowest BCUT2D eigenvalue weighted by Gasteiger charge is -2.33. The summed E-state index contributed by atoms with van der Waals surface area (Å²) in [6.07, 6.45) is 2.67. The average Bonchev–Trinajstić information content (AvgIpc) is 2.53. The van der Waals surface area contributed by atoms with Gasteiger partial charge in [-0.15, -0.1) is 0 Å². The number of hydrogen-bond donors (Lipinski definition) is 0. The van der Waals surface area contributed by atoms with E-state index in [2.05, 4.69) is 11.8 Å². The molecule has 0 saturated carbocycles. The molecular formula is C15H18FN3O3. The molecule has 7 heteroatoms. The molecule has 0 radical (unpaired) electrons. The third-order valence-corrected chi connectivity index (χ3v) is 3.73. The number of amides is 1. The van der Waals surface area contributed by atoms with Gasteiger partial charge in [-0.05, 0) is 24.8 Å². The fourth-order valence-corrected chi connectivity index (χ4v) is 2.37. The number of nitrogens with zero attached hydrogens (tertiary/aromatic N) is 3. The van der Waals surface area contributed by atoms with Crippen molar-refractivity contribution in [1.82, 2.24) is 9.80 Å². The van der Waals surface area contributed by atoms with Crippen LogP contribution in [0.2, 0.25) is 0 Å². The molecule has 6 nitrogen and oxygen atoms in total. The molecule has 0 N–H and O–H groups in total. The second-order valence-corrected chi connectivity index (χ2v) is 5.05. The summed E-state index contributed by atoms with van der Waals surface area (Å²) in [6, 6.07) is 3.29. The predicted molar refractivity (Wildman–Crippen MR) is 80.8 cm³/mol. The summed E-state index contributed by atoms with van der Waals surface area (Å²) < 4.78 is 13.1. The highest BCUT2D eigenvalue weighted by molar-refractivity contribution is 5.92. The maximum atomic E-state index is 13.1. The van der Waals surface area contributed by atoms with Crippen LogP contribution in [0.3, 0.4) is 0 Å². The van der Waals surface area contributed by atoms with Crippen molar-refractivity contribution in [2.75, 3.05) is 32.7 Å². The number of nitro groups is 1. The Bertz CT molecular complexity index is 596. The number of carbonyl (C=O) groups excluding carboxylic acids is 1. The van der Waals surface area contributed by atoms with E-state index in [-0.39, 0.29) is 17.2 Å². The predicted octanol–water partition coefficient (Wildman–Crippen LogP) is 1.91. The summed E-state index contributed by atoms with van der Waals surface area (Å²) in [7, 11) is 0. The molecule has 1 aromatic rings. The fraction of sp³-hybridized carbons (Fsp3) is 0.400. The molecule has 1 aromatic carbocycles. The van der Waals surface area contributed by atoms with Crippen LogP contribution < -0.4 is 0 Å². The number of likely N-dealkylation sites (N-methyl/N-ethyl adjacent to an activating group) is 1. The Labute approximate surface area is 128 Å². The normalized spacial score (nSPS) is 16.2. The van der Waals surface area contributed by atoms with Crippen molar-refractivity contribution in [3.05, 3.63) is 45.8 Å². The van der Waals surface area contributed by atoms with Crippen LogP contribution in [0.5, 0.6) is 0 Å². The number of benzene rings is 1. The van der Waals surface area contributed by atoms with E-state index in [1.54, 1.807) is 4.90 Å². The van der Waals surface area contributed by atoms with Crippen molar-refractivity contribution in [3.63, 3.8) is 0 Å². The Balaban J connectivity index is 2.06. The van der Waals surface area contributed by atoms with Gasteiger partial charge in [-0.3, -0.25) is 14.9 Å². The highest BCUT2D eigenvalue weighted by atomic mass is 19.1. The summed E-state index contributed by atoms with van der Waals surface area (Å²) in [4.78, 5) is 26.3. The van der Waals surface area contributed by atoms with Crippen molar-refractivity contribution >= 4 is 17.7 Å². The molecule has 1 saturated heterocycles. The third kappa shape index (κ3) is 3.88. The van der Waals surface area contributed by atoms with E-state index in [4.69, 9.17) is 0 Å². The number of carbonyl (C=O) groups is 1. The monoisotopic (exact) mass is 307 g/mol. The van der Waals surface area contributed by atoms with Crippen molar-refractivity contribution in [1.29, 1.82) is 0 Å². The van der Waals surface area contributed by atoms with Crippen LogP contribution in [0.1, 0.15) is 12.5 Å². The Morgan fingerprint density at radius 1 is 1.36 bits per heavy atom. The lowest BCUT2D eigenvalue weighted by atomic mass is 10.1. The lowest BCUT2D eigenvalue weighted by molar-refractivity contribution is -0.385. The summed E-state index contributed by atoms with van der Waals surface area (Å²) in [5.74, 6) is -0.861. The molecule has 0 bridgehead atoms. The molecule has 0 atom stereocenters. The Hall–Kier alpha value is -2.28. The summed E-state index contributed by atoms with van der Waals surface area (Å²) >= 11 is 0. The molecule has 0 unspecified atom stereocenters. The minimum absolute atomic E-state index is 0.186. The van der Waals surface area contributed by atoms with E-state index in [0.29, 0.717) is 13.1 Å². The number of halogens is 1. The van der Waals surface area contributed by atoms with Crippen LogP contribution in [0.15, 0.2) is 24.3 Å². The topological polar surface area (TPSA) is 66.7 Å². The van der Waals surface area contributed by atoms with Gasteiger partial charge in [-0.2, -0.15) is 0 Å². The number of nitro benzene ring substituents is 1. The molecule has 118 valence electrons. The largest absolute Gasteiger partial charge is 0.337 e. The second-order valence-electron chi connectivity index (χ2n) is 5.05. The highest BCUT2D eigenvalue weighted by Crippen LogP contribution is 2.21. The third-order valence-electron chi connectivity index (χ3n) is 3.73. The van der Waals surface area contributed by atoms with Gasteiger partial charge in [0.05, 0.1) is 16.6 Å². The van der Waals surface area contributed by atoms with E-state index in [0.717, 1.165) is 31.8 Å². The number of rotatable bonds is 4. The molecule has 0 aromatic heterocycles. The van der Waals surface area contributed by atoms with Crippen molar-refractivity contribution in [2.45, 2.75) is 6.92 Å². The van der Waals surface area contributed by atoms with Crippen LogP contribution in [0, 0.1) is 15.9 Å². The van der Waals surface area contributed by atoms with Gasteiger partial charge in [0.15, 0.2) is 0 Å². The molecule has 1 fully saturated rings. The first-order chi connectivity index (χ1) is 10.5. The van der Waals surface area contributed by atoms with Crippen LogP contribution in [-0.4, -0.2) is 53.4 Å². The van der Waals surface area contributed by atoms with Crippen molar-refractivity contribution in [2.24, 2.45) is 0 Å². The average molecular weight is 307 g/mol. The van der Waals surface area contributed by atoms with Crippen LogP contribution in [-0.2, 0) is 4.79 Å². The zero-order chi connectivity index (χ0) is 16.1. The van der Waals surface area contributed by atoms with E-state index in [1.165, 1.54) is 18.2 Å². The van der Waals surface area contributed by atoms with Gasteiger partial charge >= 0.3 is 0 Å². The minimum Gasteiger partial charge on any atom is -0.337 e. The highest BCUT2D eigenvalue weighted by Gasteiger charge is 2.19. The molecule has 0 spiro atoms. The van der Waals surface area contributed by atoms with E-state index in [1.807, 2.05) is 0 Å². The van der Waals surface area contributed by atoms with Gasteiger partial charge in [0.2, 0.25) is 5.91 Å². The Morgan fingerprint density at radius 3 is 2.64 bits per heavy atom. The summed E-state index contributed by atoms with van der Waals surface area (Å²) in [5.41, 5.74) is -0.133. The van der Waals surface area contributed by atoms with Gasteiger partial charge < -0.3 is 9.80 Å². The summed E-state index contributed by atoms with van der Waals surface area (Å²) in [5, 5.41) is 10.9. The van der Waals surface area contributed by atoms with Gasteiger partial charge in [0, 0.05) is 32.3 Å². The van der Waals surface area contributed by atoms with Gasteiger partial charge in [0.25, 0.3) is 5.69 Å². The maximum absolute atomic E-state index is 13.1. The standard InChI is InChI=1S/C15H18FN3O3/c1-2-17-7-9-18(10-8-17)15(20)6-4-12-3-5-13(16)11-14(12)19(21)22/h3-6,11H,2,7-10H2,1H3/b6-4+. The Morgan fingerprint density at radius 2 is 2.05 bits per heavy atom. The quantitative estimate of drug-likeness (QED) is 0.484. The first kappa shape index (κ1) is 16.1. The molecule has 1 aliphatic heterocycles.